The molecule has 4 amide bonds. The van der Waals surface area contributed by atoms with E-state index in [9.17, 15) is 19.2 Å². The molecule has 1 saturated heterocycles. The Morgan fingerprint density at radius 3 is 2.20 bits per heavy atom. The van der Waals surface area contributed by atoms with Crippen LogP contribution in [-0.4, -0.2) is 34.1 Å². The molecule has 6 nitrogen and oxygen atoms in total. The summed E-state index contributed by atoms with van der Waals surface area (Å²) >= 11 is 0. The molecule has 2 fully saturated rings. The largest absolute Gasteiger partial charge is 0.294 e. The fourth-order valence-corrected chi connectivity index (χ4v) is 3.27. The lowest BCUT2D eigenvalue weighted by Gasteiger charge is -2.28. The number of fused-ring (bicyclic) bond motifs is 2. The maximum atomic E-state index is 12.4. The molecule has 3 aliphatic rings. The van der Waals surface area contributed by atoms with Crippen LogP contribution in [-0.2, 0) is 9.59 Å². The van der Waals surface area contributed by atoms with Crippen LogP contribution in [0.1, 0.15) is 33.6 Å². The highest BCUT2D eigenvalue weighted by Gasteiger charge is 2.70. The first-order valence-electron chi connectivity index (χ1n) is 6.38. The van der Waals surface area contributed by atoms with Gasteiger partial charge < -0.3 is 0 Å². The predicted octanol–water partition coefficient (Wildman–Crippen LogP) is 0.0878. The molecule has 2 unspecified atom stereocenters. The third kappa shape index (κ3) is 1.14. The smallest absolute Gasteiger partial charge is 0.262 e. The van der Waals surface area contributed by atoms with E-state index >= 15 is 0 Å². The van der Waals surface area contributed by atoms with Crippen molar-refractivity contribution in [3.05, 3.63) is 35.4 Å². The van der Waals surface area contributed by atoms with Crippen LogP contribution in [0.5, 0.6) is 0 Å². The van der Waals surface area contributed by atoms with E-state index in [1.165, 1.54) is 0 Å². The summed E-state index contributed by atoms with van der Waals surface area (Å²) in [5.74, 6) is -2.01. The van der Waals surface area contributed by atoms with Gasteiger partial charge in [0.15, 0.2) is 0 Å². The highest BCUT2D eigenvalue weighted by molar-refractivity contribution is 6.25. The van der Waals surface area contributed by atoms with E-state index in [2.05, 4.69) is 5.32 Å². The Hall–Kier alpha value is -2.50. The summed E-state index contributed by atoms with van der Waals surface area (Å²) in [4.78, 5) is 49.3. The monoisotopic (exact) mass is 270 g/mol. The lowest BCUT2D eigenvalue weighted by atomic mass is 10.0. The van der Waals surface area contributed by atoms with Gasteiger partial charge in [-0.1, -0.05) is 12.1 Å². The van der Waals surface area contributed by atoms with Crippen LogP contribution in [0.3, 0.4) is 0 Å². The number of imide groups is 2. The van der Waals surface area contributed by atoms with Crippen molar-refractivity contribution in [1.82, 2.24) is 10.2 Å². The van der Waals surface area contributed by atoms with Gasteiger partial charge in [-0.25, -0.2) is 0 Å². The van der Waals surface area contributed by atoms with E-state index in [1.807, 2.05) is 0 Å². The van der Waals surface area contributed by atoms with Crippen LogP contribution in [0.15, 0.2) is 24.3 Å². The molecule has 2 heterocycles. The molecule has 6 heteroatoms. The molecule has 1 saturated carbocycles. The number of benzene rings is 1. The molecule has 1 aliphatic carbocycles. The SMILES string of the molecule is O=C1CC2CC2(N2C(=O)c3ccccc3C2=O)C(=O)N1. The topological polar surface area (TPSA) is 83.6 Å². The van der Waals surface area contributed by atoms with E-state index in [0.717, 1.165) is 4.90 Å². The maximum Gasteiger partial charge on any atom is 0.262 e. The van der Waals surface area contributed by atoms with Crippen molar-refractivity contribution < 1.29 is 19.2 Å². The van der Waals surface area contributed by atoms with E-state index in [0.29, 0.717) is 17.5 Å². The van der Waals surface area contributed by atoms with Crippen molar-refractivity contribution in [2.45, 2.75) is 18.4 Å². The highest BCUT2D eigenvalue weighted by Crippen LogP contribution is 2.54. The van der Waals surface area contributed by atoms with Gasteiger partial charge in [0.1, 0.15) is 5.54 Å². The van der Waals surface area contributed by atoms with Gasteiger partial charge in [-0.05, 0) is 18.6 Å². The third-order valence-corrected chi connectivity index (χ3v) is 4.34. The molecule has 0 radical (unpaired) electrons. The minimum atomic E-state index is -1.15. The van der Waals surface area contributed by atoms with Crippen molar-refractivity contribution in [3.63, 3.8) is 0 Å². The van der Waals surface area contributed by atoms with Gasteiger partial charge in [-0.3, -0.25) is 29.4 Å². The number of piperidine rings is 1. The van der Waals surface area contributed by atoms with Gasteiger partial charge in [0.05, 0.1) is 11.1 Å². The zero-order valence-electron chi connectivity index (χ0n) is 10.4. The number of hydrogen-bond acceptors (Lipinski definition) is 4. The predicted molar refractivity (Wildman–Crippen MR) is 65.5 cm³/mol. The van der Waals surface area contributed by atoms with Crippen molar-refractivity contribution >= 4 is 23.6 Å². The first-order valence-corrected chi connectivity index (χ1v) is 6.38. The minimum absolute atomic E-state index is 0.180. The molecule has 1 aromatic carbocycles. The molecular weight excluding hydrogens is 260 g/mol. The maximum absolute atomic E-state index is 12.4. The Kier molecular flexibility index (Phi) is 1.89. The summed E-state index contributed by atoms with van der Waals surface area (Å²) in [6, 6.07) is 6.52. The van der Waals surface area contributed by atoms with Crippen LogP contribution in [0.25, 0.3) is 0 Å². The normalized spacial score (nSPS) is 31.0. The third-order valence-electron chi connectivity index (χ3n) is 4.34. The number of carbonyl (C=O) groups excluding carboxylic acids is 4. The summed E-state index contributed by atoms with van der Waals surface area (Å²) in [6.45, 7) is 0. The van der Waals surface area contributed by atoms with Gasteiger partial charge >= 0.3 is 0 Å². The summed E-state index contributed by atoms with van der Waals surface area (Å²) in [7, 11) is 0. The number of carbonyl (C=O) groups is 4. The quantitative estimate of drug-likeness (QED) is 0.733. The Labute approximate surface area is 113 Å². The standard InChI is InChI=1S/C14H10N2O4/c17-10-5-7-6-14(7,13(20)15-10)16-11(18)8-3-1-2-4-9(8)12(16)19/h1-4,7H,5-6H2,(H,15,17,20). The van der Waals surface area contributed by atoms with Crippen molar-refractivity contribution in [1.29, 1.82) is 0 Å². The number of amides is 4. The van der Waals surface area contributed by atoms with Gasteiger partial charge in [-0.15, -0.1) is 0 Å². The van der Waals surface area contributed by atoms with Crippen molar-refractivity contribution in [2.24, 2.45) is 5.92 Å². The van der Waals surface area contributed by atoms with Gasteiger partial charge in [0.2, 0.25) is 5.91 Å². The van der Waals surface area contributed by atoms with E-state index in [4.69, 9.17) is 0 Å². The van der Waals surface area contributed by atoms with E-state index < -0.39 is 23.3 Å². The molecule has 0 aromatic heterocycles. The fourth-order valence-electron chi connectivity index (χ4n) is 3.27. The van der Waals surface area contributed by atoms with Crippen LogP contribution in [0.2, 0.25) is 0 Å². The number of nitrogens with one attached hydrogen (secondary N) is 1. The number of rotatable bonds is 1. The Morgan fingerprint density at radius 2 is 1.65 bits per heavy atom. The molecule has 2 atom stereocenters. The second-order valence-electron chi connectivity index (χ2n) is 5.40. The van der Waals surface area contributed by atoms with E-state index in [1.54, 1.807) is 24.3 Å². The zero-order chi connectivity index (χ0) is 14.1. The molecule has 1 aromatic rings. The molecule has 4 rings (SSSR count). The second kappa shape index (κ2) is 3.33. The number of nitrogens with zero attached hydrogens (tertiary/aromatic N) is 1. The molecule has 2 aliphatic heterocycles. The lowest BCUT2D eigenvalue weighted by molar-refractivity contribution is -0.137. The summed E-state index contributed by atoms with van der Waals surface area (Å²) in [5.41, 5.74) is -0.509. The Morgan fingerprint density at radius 1 is 1.05 bits per heavy atom. The Bertz CT molecular complexity index is 676. The summed E-state index contributed by atoms with van der Waals surface area (Å²) in [6.07, 6.45) is 0.551. The van der Waals surface area contributed by atoms with Crippen LogP contribution in [0.4, 0.5) is 0 Å². The molecule has 0 bridgehead atoms. The lowest BCUT2D eigenvalue weighted by Crippen LogP contribution is -2.57. The summed E-state index contributed by atoms with van der Waals surface area (Å²) in [5, 5.41) is 2.23. The molecule has 20 heavy (non-hydrogen) atoms. The average Bonchev–Trinajstić information content (AvgIpc) is 3.07. The van der Waals surface area contributed by atoms with Crippen LogP contribution < -0.4 is 5.32 Å². The van der Waals surface area contributed by atoms with E-state index in [-0.39, 0.29) is 18.2 Å². The van der Waals surface area contributed by atoms with Gasteiger partial charge in [-0.2, -0.15) is 0 Å². The molecule has 0 spiro atoms. The van der Waals surface area contributed by atoms with Crippen molar-refractivity contribution in [2.75, 3.05) is 0 Å². The molecule has 1 N–H and O–H groups in total. The van der Waals surface area contributed by atoms with Crippen LogP contribution >= 0.6 is 0 Å². The number of hydrogen-bond donors (Lipinski definition) is 1. The van der Waals surface area contributed by atoms with Gasteiger partial charge in [0.25, 0.3) is 17.7 Å². The minimum Gasteiger partial charge on any atom is -0.294 e. The summed E-state index contributed by atoms with van der Waals surface area (Å²) < 4.78 is 0. The second-order valence-corrected chi connectivity index (χ2v) is 5.40. The molecule has 100 valence electrons. The zero-order valence-corrected chi connectivity index (χ0v) is 10.4. The Balaban J connectivity index is 1.79. The first-order chi connectivity index (χ1) is 9.55. The van der Waals surface area contributed by atoms with Crippen LogP contribution in [0, 0.1) is 5.92 Å². The fraction of sp³-hybridized carbons (Fsp3) is 0.286. The van der Waals surface area contributed by atoms with Crippen molar-refractivity contribution in [3.8, 4) is 0 Å². The first kappa shape index (κ1) is 11.3. The molecular formula is C14H10N2O4. The average molecular weight is 270 g/mol. The van der Waals surface area contributed by atoms with Gasteiger partial charge in [0, 0.05) is 12.3 Å². The highest BCUT2D eigenvalue weighted by atomic mass is 16.2.